The first-order chi connectivity index (χ1) is 25.2. The first kappa shape index (κ1) is 37.8. The quantitative estimate of drug-likeness (QED) is 0.174. The van der Waals surface area contributed by atoms with Crippen molar-refractivity contribution in [1.82, 2.24) is 24.3 Å². The summed E-state index contributed by atoms with van der Waals surface area (Å²) in [6.45, 7) is 8.72. The zero-order chi connectivity index (χ0) is 36.4. The second-order valence-electron chi connectivity index (χ2n) is 13.2. The summed E-state index contributed by atoms with van der Waals surface area (Å²) in [5.41, 5.74) is 6.22. The summed E-state index contributed by atoms with van der Waals surface area (Å²) in [4.78, 5) is 43.4. The standard InChI is InChI=1S/C40H41ClN6O5.ClH/c1-26-20-28-6-4-5-7-29(28)25-46(26)38(49)34-13-8-30(41)21-36(34)37-22-35(27(2)44(37)3)39(50)47(31-9-11-33(48)12-10-31)32-23-42-40(43-24-32)52-19-16-45-14-17-51-18-15-45;/h4-13,21-24,26,48H,14-20,25H2,1-3H3;1H/t26-;/m1./s1. The van der Waals surface area contributed by atoms with Gasteiger partial charge in [-0.1, -0.05) is 35.9 Å². The van der Waals surface area contributed by atoms with E-state index in [1.165, 1.54) is 22.6 Å². The average Bonchev–Trinajstić information content (AvgIpc) is 3.46. The number of benzene rings is 3. The van der Waals surface area contributed by atoms with Crippen molar-refractivity contribution in [3.63, 3.8) is 0 Å². The molecule has 2 aliphatic heterocycles. The lowest BCUT2D eigenvalue weighted by Crippen LogP contribution is -2.42. The van der Waals surface area contributed by atoms with Crippen LogP contribution in [0.25, 0.3) is 11.3 Å². The summed E-state index contributed by atoms with van der Waals surface area (Å²) >= 11 is 6.56. The molecule has 1 atom stereocenters. The first-order valence-corrected chi connectivity index (χ1v) is 17.8. The smallest absolute Gasteiger partial charge is 0.316 e. The second kappa shape index (κ2) is 16.4. The molecule has 0 spiro atoms. The number of carbonyl (C=O) groups is 2. The Kier molecular flexibility index (Phi) is 11.7. The van der Waals surface area contributed by atoms with Crippen molar-refractivity contribution in [1.29, 1.82) is 0 Å². The molecule has 276 valence electrons. The van der Waals surface area contributed by atoms with E-state index in [0.717, 1.165) is 31.6 Å². The third-order valence-electron chi connectivity index (χ3n) is 9.95. The number of carbonyl (C=O) groups excluding carboxylic acids is 2. The van der Waals surface area contributed by atoms with E-state index in [1.807, 2.05) is 35.6 Å². The van der Waals surface area contributed by atoms with E-state index < -0.39 is 0 Å². The number of ether oxygens (including phenoxy) is 2. The topological polar surface area (TPSA) is 113 Å². The van der Waals surface area contributed by atoms with E-state index in [4.69, 9.17) is 21.1 Å². The lowest BCUT2D eigenvalue weighted by molar-refractivity contribution is 0.0317. The molecule has 13 heteroatoms. The van der Waals surface area contributed by atoms with Gasteiger partial charge in [0.25, 0.3) is 11.8 Å². The fraction of sp³-hybridized carbons (Fsp3) is 0.300. The van der Waals surface area contributed by atoms with Crippen molar-refractivity contribution in [3.05, 3.63) is 118 Å². The van der Waals surface area contributed by atoms with Crippen LogP contribution in [0.2, 0.25) is 5.02 Å². The minimum Gasteiger partial charge on any atom is -0.508 e. The molecule has 0 saturated carbocycles. The third-order valence-corrected chi connectivity index (χ3v) is 10.2. The van der Waals surface area contributed by atoms with Gasteiger partial charge in [0.05, 0.1) is 36.9 Å². The van der Waals surface area contributed by atoms with Crippen LogP contribution in [0.15, 0.2) is 85.2 Å². The Morgan fingerprint density at radius 3 is 2.38 bits per heavy atom. The van der Waals surface area contributed by atoms with Gasteiger partial charge in [0.15, 0.2) is 0 Å². The number of morpholine rings is 1. The number of phenolic OH excluding ortho intramolecular Hbond substituents is 1. The fourth-order valence-electron chi connectivity index (χ4n) is 6.89. The monoisotopic (exact) mass is 756 g/mol. The van der Waals surface area contributed by atoms with E-state index >= 15 is 0 Å². The number of hydrogen-bond donors (Lipinski definition) is 1. The van der Waals surface area contributed by atoms with Crippen molar-refractivity contribution < 1.29 is 24.2 Å². The molecule has 3 aromatic carbocycles. The number of halogens is 2. The molecule has 0 radical (unpaired) electrons. The van der Waals surface area contributed by atoms with Crippen LogP contribution in [0.1, 0.15) is 44.5 Å². The molecule has 1 N–H and O–H groups in total. The zero-order valence-electron chi connectivity index (χ0n) is 29.9. The molecular weight excluding hydrogens is 715 g/mol. The predicted molar refractivity (Wildman–Crippen MR) is 207 cm³/mol. The average molecular weight is 758 g/mol. The number of anilines is 2. The Morgan fingerprint density at radius 2 is 1.66 bits per heavy atom. The Hall–Kier alpha value is -4.94. The number of hydrogen-bond acceptors (Lipinski definition) is 8. The number of rotatable bonds is 9. The first-order valence-electron chi connectivity index (χ1n) is 17.4. The summed E-state index contributed by atoms with van der Waals surface area (Å²) in [5.74, 6) is -0.374. The van der Waals surface area contributed by atoms with Gasteiger partial charge in [0.1, 0.15) is 12.4 Å². The van der Waals surface area contributed by atoms with Gasteiger partial charge in [-0.05, 0) is 79.9 Å². The molecule has 7 rings (SSSR count). The highest BCUT2D eigenvalue weighted by Crippen LogP contribution is 2.35. The predicted octanol–water partition coefficient (Wildman–Crippen LogP) is 6.85. The highest BCUT2D eigenvalue weighted by atomic mass is 35.5. The SMILES string of the molecule is Cc1c(C(=O)N(c2ccc(O)cc2)c2cnc(OCCN3CCOCC3)nc2)cc(-c2cc(Cl)ccc2C(=O)N2Cc3ccccc3C[C@H]2C)n1C.Cl. The van der Waals surface area contributed by atoms with Crippen molar-refractivity contribution >= 4 is 47.2 Å². The summed E-state index contributed by atoms with van der Waals surface area (Å²) in [6, 6.07) is 21.9. The maximum absolute atomic E-state index is 14.6. The second-order valence-corrected chi connectivity index (χ2v) is 13.7. The van der Waals surface area contributed by atoms with Crippen LogP contribution in [-0.4, -0.2) is 86.8 Å². The highest BCUT2D eigenvalue weighted by Gasteiger charge is 2.31. The summed E-state index contributed by atoms with van der Waals surface area (Å²) in [5, 5.41) is 10.5. The van der Waals surface area contributed by atoms with Crippen molar-refractivity contribution in [2.45, 2.75) is 32.9 Å². The Bertz CT molecular complexity index is 2080. The number of fused-ring (bicyclic) bond motifs is 1. The molecule has 1 fully saturated rings. The van der Waals surface area contributed by atoms with Crippen LogP contribution in [-0.2, 0) is 24.8 Å². The van der Waals surface area contributed by atoms with E-state index in [9.17, 15) is 14.7 Å². The maximum Gasteiger partial charge on any atom is 0.316 e. The number of aromatic nitrogens is 3. The van der Waals surface area contributed by atoms with E-state index in [1.54, 1.807) is 48.8 Å². The fourth-order valence-corrected chi connectivity index (χ4v) is 7.06. The molecule has 53 heavy (non-hydrogen) atoms. The Balaban J connectivity index is 0.00000481. The van der Waals surface area contributed by atoms with Crippen LogP contribution < -0.4 is 9.64 Å². The lowest BCUT2D eigenvalue weighted by Gasteiger charge is -2.35. The van der Waals surface area contributed by atoms with Crippen molar-refractivity contribution in [2.24, 2.45) is 7.05 Å². The van der Waals surface area contributed by atoms with Crippen molar-refractivity contribution in [2.75, 3.05) is 44.4 Å². The van der Waals surface area contributed by atoms with Gasteiger partial charge in [-0.3, -0.25) is 19.4 Å². The van der Waals surface area contributed by atoms with Gasteiger partial charge in [0, 0.05) is 72.5 Å². The number of amides is 2. The number of aromatic hydroxyl groups is 1. The summed E-state index contributed by atoms with van der Waals surface area (Å²) < 4.78 is 13.1. The Labute approximate surface area is 320 Å². The number of phenols is 1. The number of nitrogens with zero attached hydrogens (tertiary/aromatic N) is 6. The zero-order valence-corrected chi connectivity index (χ0v) is 31.4. The lowest BCUT2D eigenvalue weighted by atomic mass is 9.93. The van der Waals surface area contributed by atoms with Crippen LogP contribution in [0.5, 0.6) is 11.8 Å². The van der Waals surface area contributed by atoms with E-state index in [-0.39, 0.29) is 42.0 Å². The molecule has 4 heterocycles. The van der Waals surface area contributed by atoms with Crippen molar-refractivity contribution in [3.8, 4) is 23.0 Å². The molecule has 0 aliphatic carbocycles. The summed E-state index contributed by atoms with van der Waals surface area (Å²) in [7, 11) is 1.87. The van der Waals surface area contributed by atoms with Gasteiger partial charge in [-0.25, -0.2) is 9.97 Å². The third kappa shape index (κ3) is 8.03. The molecule has 1 saturated heterocycles. The molecular formula is C40H42Cl2N6O5. The maximum atomic E-state index is 14.6. The van der Waals surface area contributed by atoms with Crippen LogP contribution in [0, 0.1) is 6.92 Å². The summed E-state index contributed by atoms with van der Waals surface area (Å²) in [6.07, 6.45) is 3.87. The van der Waals surface area contributed by atoms with Gasteiger partial charge >= 0.3 is 6.01 Å². The minimum atomic E-state index is -0.342. The molecule has 5 aromatic rings. The molecule has 2 amide bonds. The van der Waals surface area contributed by atoms with Crippen LogP contribution in [0.4, 0.5) is 11.4 Å². The van der Waals surface area contributed by atoms with Gasteiger partial charge in [-0.2, -0.15) is 0 Å². The largest absolute Gasteiger partial charge is 0.508 e. The molecule has 0 unspecified atom stereocenters. The highest BCUT2D eigenvalue weighted by molar-refractivity contribution is 6.31. The minimum absolute atomic E-state index is 0. The van der Waals surface area contributed by atoms with Gasteiger partial charge in [0.2, 0.25) is 0 Å². The normalized spacial score (nSPS) is 15.7. The molecule has 11 nitrogen and oxygen atoms in total. The molecule has 2 aliphatic rings. The molecule has 2 aromatic heterocycles. The van der Waals surface area contributed by atoms with Crippen LogP contribution >= 0.6 is 24.0 Å². The Morgan fingerprint density at radius 1 is 0.962 bits per heavy atom. The van der Waals surface area contributed by atoms with E-state index in [2.05, 4.69) is 33.9 Å². The van der Waals surface area contributed by atoms with E-state index in [0.29, 0.717) is 70.8 Å². The van der Waals surface area contributed by atoms with Crippen LogP contribution in [0.3, 0.4) is 0 Å². The van der Waals surface area contributed by atoms with Gasteiger partial charge in [-0.15, -0.1) is 12.4 Å². The van der Waals surface area contributed by atoms with Gasteiger partial charge < -0.3 is 24.0 Å². The molecule has 0 bridgehead atoms.